The van der Waals surface area contributed by atoms with Gasteiger partial charge in [0.05, 0.1) is 0 Å². The van der Waals surface area contributed by atoms with Crippen molar-refractivity contribution in [3.05, 3.63) is 23.8 Å². The Morgan fingerprint density at radius 3 is 2.00 bits per heavy atom. The van der Waals surface area contributed by atoms with Crippen LogP contribution in [-0.4, -0.2) is 73.2 Å². The van der Waals surface area contributed by atoms with Crippen LogP contribution in [0.15, 0.2) is 18.2 Å². The van der Waals surface area contributed by atoms with Crippen molar-refractivity contribution in [3.8, 4) is 0 Å². The number of rotatable bonds is 8. The molecule has 2 aliphatic heterocycles. The number of amides is 4. The molecule has 0 spiro atoms. The molecule has 1 aromatic rings. The molecule has 2 aliphatic rings. The smallest absolute Gasteiger partial charge is 0.319 e. The Balaban J connectivity index is 1.47. The van der Waals surface area contributed by atoms with Crippen molar-refractivity contribution in [1.29, 1.82) is 0 Å². The molecular formula is C23H38N6O2. The number of hydrogen-bond donors (Lipinski definition) is 4. The lowest BCUT2D eigenvalue weighted by Crippen LogP contribution is -2.41. The van der Waals surface area contributed by atoms with E-state index in [-0.39, 0.29) is 12.1 Å². The van der Waals surface area contributed by atoms with Gasteiger partial charge < -0.3 is 21.3 Å². The number of likely N-dealkylation sites (tertiary alicyclic amines) is 2. The number of benzene rings is 1. The molecule has 8 heteroatoms. The van der Waals surface area contributed by atoms with Gasteiger partial charge in [-0.2, -0.15) is 0 Å². The fourth-order valence-corrected chi connectivity index (χ4v) is 4.68. The zero-order valence-electron chi connectivity index (χ0n) is 19.2. The Labute approximate surface area is 186 Å². The number of aryl methyl sites for hydroxylation is 1. The van der Waals surface area contributed by atoms with Gasteiger partial charge in [0.1, 0.15) is 0 Å². The fraction of sp³-hybridized carbons (Fsp3) is 0.652. The minimum absolute atomic E-state index is 0.214. The molecule has 0 bridgehead atoms. The third-order valence-corrected chi connectivity index (χ3v) is 6.55. The SMILES string of the molecule is CCN1CCC[C@H]1CNC(=O)Nc1ccc(C)c(NC(=O)NC[C@@H]2CCCN2CC)c1. The minimum Gasteiger partial charge on any atom is -0.336 e. The molecule has 2 fully saturated rings. The Bertz CT molecular complexity index is 756. The van der Waals surface area contributed by atoms with Crippen molar-refractivity contribution >= 4 is 23.4 Å². The molecule has 1 aromatic carbocycles. The second kappa shape index (κ2) is 11.3. The minimum atomic E-state index is -0.219. The van der Waals surface area contributed by atoms with Crippen molar-refractivity contribution in [2.24, 2.45) is 0 Å². The topological polar surface area (TPSA) is 88.7 Å². The number of hydrogen-bond acceptors (Lipinski definition) is 4. The largest absolute Gasteiger partial charge is 0.336 e. The van der Waals surface area contributed by atoms with E-state index in [4.69, 9.17) is 0 Å². The van der Waals surface area contributed by atoms with Crippen molar-refractivity contribution in [2.45, 2.75) is 58.5 Å². The number of likely N-dealkylation sites (N-methyl/N-ethyl adjacent to an activating group) is 2. The molecule has 2 heterocycles. The summed E-state index contributed by atoms with van der Waals surface area (Å²) in [5, 5.41) is 11.8. The van der Waals surface area contributed by atoms with Gasteiger partial charge in [-0.05, 0) is 76.5 Å². The maximum Gasteiger partial charge on any atom is 0.319 e. The molecule has 31 heavy (non-hydrogen) atoms. The van der Waals surface area contributed by atoms with Gasteiger partial charge >= 0.3 is 12.1 Å². The monoisotopic (exact) mass is 430 g/mol. The lowest BCUT2D eigenvalue weighted by atomic mass is 10.2. The Hall–Kier alpha value is -2.32. The summed E-state index contributed by atoms with van der Waals surface area (Å²) < 4.78 is 0. The third-order valence-electron chi connectivity index (χ3n) is 6.55. The average Bonchev–Trinajstić information content (AvgIpc) is 3.41. The van der Waals surface area contributed by atoms with Crippen LogP contribution < -0.4 is 21.3 Å². The van der Waals surface area contributed by atoms with Crippen LogP contribution in [0.3, 0.4) is 0 Å². The van der Waals surface area contributed by atoms with Crippen molar-refractivity contribution in [2.75, 3.05) is 49.9 Å². The summed E-state index contributed by atoms with van der Waals surface area (Å²) in [5.41, 5.74) is 2.30. The van der Waals surface area contributed by atoms with Crippen LogP contribution in [0.25, 0.3) is 0 Å². The number of urea groups is 2. The summed E-state index contributed by atoms with van der Waals surface area (Å²) in [5.74, 6) is 0. The lowest BCUT2D eigenvalue weighted by molar-refractivity contribution is 0.237. The lowest BCUT2D eigenvalue weighted by Gasteiger charge is -2.23. The third kappa shape index (κ3) is 6.58. The van der Waals surface area contributed by atoms with Gasteiger partial charge in [0.2, 0.25) is 0 Å². The molecule has 4 amide bonds. The van der Waals surface area contributed by atoms with E-state index in [0.29, 0.717) is 36.5 Å². The highest BCUT2D eigenvalue weighted by Gasteiger charge is 2.24. The molecule has 172 valence electrons. The standard InChI is InChI=1S/C23H38N6O2/c1-4-28-12-6-8-19(28)15-24-22(30)26-18-11-10-17(3)21(14-18)27-23(31)25-16-20-9-7-13-29(20)5-2/h10-11,14,19-20H,4-9,12-13,15-16H2,1-3H3,(H2,24,26,30)(H2,25,27,31)/t19-,20-/m0/s1. The van der Waals surface area contributed by atoms with Crippen molar-refractivity contribution in [1.82, 2.24) is 20.4 Å². The number of nitrogens with zero attached hydrogens (tertiary/aromatic N) is 2. The second-order valence-electron chi connectivity index (χ2n) is 8.55. The highest BCUT2D eigenvalue weighted by molar-refractivity contribution is 5.93. The van der Waals surface area contributed by atoms with E-state index < -0.39 is 0 Å². The summed E-state index contributed by atoms with van der Waals surface area (Å²) in [6, 6.07) is 5.95. The molecule has 2 atom stereocenters. The predicted molar refractivity (Wildman–Crippen MR) is 126 cm³/mol. The van der Waals surface area contributed by atoms with Crippen LogP contribution in [0.1, 0.15) is 45.1 Å². The number of nitrogens with one attached hydrogen (secondary N) is 4. The molecule has 2 saturated heterocycles. The second-order valence-corrected chi connectivity index (χ2v) is 8.55. The van der Waals surface area contributed by atoms with E-state index in [9.17, 15) is 9.59 Å². The molecule has 8 nitrogen and oxygen atoms in total. The van der Waals surface area contributed by atoms with Gasteiger partial charge in [-0.3, -0.25) is 9.80 Å². The van der Waals surface area contributed by atoms with Crippen LogP contribution in [0.2, 0.25) is 0 Å². The number of carbonyl (C=O) groups is 2. The predicted octanol–water partition coefficient (Wildman–Crippen LogP) is 3.21. The molecule has 0 saturated carbocycles. The summed E-state index contributed by atoms with van der Waals surface area (Å²) in [4.78, 5) is 29.6. The van der Waals surface area contributed by atoms with E-state index in [1.807, 2.05) is 19.1 Å². The molecule has 4 N–H and O–H groups in total. The highest BCUT2D eigenvalue weighted by atomic mass is 16.2. The van der Waals surface area contributed by atoms with Gasteiger partial charge in [-0.15, -0.1) is 0 Å². The molecule has 0 aromatic heterocycles. The molecule has 0 radical (unpaired) electrons. The van der Waals surface area contributed by atoms with E-state index in [1.54, 1.807) is 6.07 Å². The van der Waals surface area contributed by atoms with Gasteiger partial charge in [-0.1, -0.05) is 19.9 Å². The van der Waals surface area contributed by atoms with Gasteiger partial charge in [0.25, 0.3) is 0 Å². The van der Waals surface area contributed by atoms with Crippen LogP contribution in [-0.2, 0) is 0 Å². The fourth-order valence-electron chi connectivity index (χ4n) is 4.68. The van der Waals surface area contributed by atoms with Crippen LogP contribution in [0.4, 0.5) is 21.0 Å². The quantitative estimate of drug-likeness (QED) is 0.510. The first-order valence-electron chi connectivity index (χ1n) is 11.7. The summed E-state index contributed by atoms with van der Waals surface area (Å²) in [6.07, 6.45) is 4.62. The van der Waals surface area contributed by atoms with Gasteiger partial charge in [0, 0.05) is 36.5 Å². The molecule has 3 rings (SSSR count). The Morgan fingerprint density at radius 1 is 0.903 bits per heavy atom. The molecular weight excluding hydrogens is 392 g/mol. The summed E-state index contributed by atoms with van der Waals surface area (Å²) in [7, 11) is 0. The Morgan fingerprint density at radius 2 is 1.45 bits per heavy atom. The Kier molecular flexibility index (Phi) is 8.54. The average molecular weight is 431 g/mol. The van der Waals surface area contributed by atoms with Crippen LogP contribution >= 0.6 is 0 Å². The maximum atomic E-state index is 12.4. The highest BCUT2D eigenvalue weighted by Crippen LogP contribution is 2.21. The number of anilines is 2. The summed E-state index contributed by atoms with van der Waals surface area (Å²) in [6.45, 7) is 11.8. The van der Waals surface area contributed by atoms with Crippen molar-refractivity contribution in [3.63, 3.8) is 0 Å². The zero-order valence-corrected chi connectivity index (χ0v) is 19.2. The first-order chi connectivity index (χ1) is 15.0. The first-order valence-corrected chi connectivity index (χ1v) is 11.7. The normalized spacial score (nSPS) is 21.8. The first kappa shape index (κ1) is 23.3. The zero-order chi connectivity index (χ0) is 22.2. The van der Waals surface area contributed by atoms with Crippen molar-refractivity contribution < 1.29 is 9.59 Å². The van der Waals surface area contributed by atoms with Crippen LogP contribution in [0, 0.1) is 6.92 Å². The maximum absolute atomic E-state index is 12.4. The van der Waals surface area contributed by atoms with E-state index in [2.05, 4.69) is 44.9 Å². The van der Waals surface area contributed by atoms with Gasteiger partial charge in [-0.25, -0.2) is 9.59 Å². The number of carbonyl (C=O) groups excluding carboxylic acids is 2. The van der Waals surface area contributed by atoms with Crippen LogP contribution in [0.5, 0.6) is 0 Å². The molecule has 0 aliphatic carbocycles. The molecule has 0 unspecified atom stereocenters. The van der Waals surface area contributed by atoms with Gasteiger partial charge in [0.15, 0.2) is 0 Å². The summed E-state index contributed by atoms with van der Waals surface area (Å²) >= 11 is 0. The van der Waals surface area contributed by atoms with E-state index in [1.165, 1.54) is 12.8 Å². The van der Waals surface area contributed by atoms with E-state index >= 15 is 0 Å². The van der Waals surface area contributed by atoms with E-state index in [0.717, 1.165) is 44.6 Å².